The highest BCUT2D eigenvalue weighted by Gasteiger charge is 2.36. The Bertz CT molecular complexity index is 617. The lowest BCUT2D eigenvalue weighted by Crippen LogP contribution is -2.42. The lowest BCUT2D eigenvalue weighted by molar-refractivity contribution is 0.0759. The van der Waals surface area contributed by atoms with Gasteiger partial charge in [0.2, 0.25) is 10.0 Å². The summed E-state index contributed by atoms with van der Waals surface area (Å²) >= 11 is 0. The van der Waals surface area contributed by atoms with Crippen LogP contribution in [0.3, 0.4) is 0 Å². The van der Waals surface area contributed by atoms with Crippen LogP contribution in [0.1, 0.15) is 16.2 Å². The number of hydrogen-bond donors (Lipinski definition) is 2. The predicted molar refractivity (Wildman–Crippen MR) is 72.7 cm³/mol. The number of amides is 1. The summed E-state index contributed by atoms with van der Waals surface area (Å²) in [6.07, 6.45) is 0.102. The Kier molecular flexibility index (Phi) is 4.07. The van der Waals surface area contributed by atoms with Gasteiger partial charge in [-0.05, 0) is 19.1 Å². The second-order valence-electron chi connectivity index (χ2n) is 4.94. The van der Waals surface area contributed by atoms with E-state index in [4.69, 9.17) is 0 Å². The van der Waals surface area contributed by atoms with Crippen molar-refractivity contribution in [3.8, 4) is 0 Å². The van der Waals surface area contributed by atoms with Crippen LogP contribution in [-0.2, 0) is 10.0 Å². The quantitative estimate of drug-likeness (QED) is 0.755. The zero-order chi connectivity index (χ0) is 14.9. The van der Waals surface area contributed by atoms with Crippen molar-refractivity contribution in [1.82, 2.24) is 14.6 Å². The number of likely N-dealkylation sites (tertiary alicyclic amines) is 1. The largest absolute Gasteiger partial charge is 0.390 e. The number of nitrogens with zero attached hydrogens (tertiary/aromatic N) is 2. The van der Waals surface area contributed by atoms with Crippen molar-refractivity contribution in [3.05, 3.63) is 29.6 Å². The Morgan fingerprint density at radius 2 is 2.15 bits per heavy atom. The van der Waals surface area contributed by atoms with Gasteiger partial charge in [0.05, 0.1) is 18.4 Å². The average molecular weight is 299 g/mol. The van der Waals surface area contributed by atoms with Gasteiger partial charge in [0.15, 0.2) is 0 Å². The third-order valence-electron chi connectivity index (χ3n) is 3.05. The highest BCUT2D eigenvalue weighted by Crippen LogP contribution is 2.14. The van der Waals surface area contributed by atoms with Crippen LogP contribution in [0, 0.1) is 6.92 Å². The maximum absolute atomic E-state index is 12.2. The molecule has 0 unspecified atom stereocenters. The number of β-amino-alcohol motifs (C(OH)–C–C–N with tert-alkyl or cyclic N) is 1. The second kappa shape index (κ2) is 5.47. The van der Waals surface area contributed by atoms with Gasteiger partial charge in [-0.15, -0.1) is 0 Å². The minimum absolute atomic E-state index is 0.0850. The fourth-order valence-electron chi connectivity index (χ4n) is 2.17. The van der Waals surface area contributed by atoms with E-state index in [0.29, 0.717) is 0 Å². The standard InChI is InChI=1S/C12H17N3O4S/c1-8-4-3-5-9(13-8)12(17)15-6-10(11(16)7-15)14-20(2,18)19/h3-5,10-11,14,16H,6-7H2,1-2H3/t10-,11-/m1/s1. The molecule has 0 spiro atoms. The van der Waals surface area contributed by atoms with Crippen molar-refractivity contribution >= 4 is 15.9 Å². The number of carbonyl (C=O) groups excluding carboxylic acids is 1. The van der Waals surface area contributed by atoms with E-state index in [1.165, 1.54) is 4.90 Å². The molecule has 2 rings (SSSR count). The molecule has 110 valence electrons. The second-order valence-corrected chi connectivity index (χ2v) is 6.72. The number of aliphatic hydroxyl groups excluding tert-OH is 1. The van der Waals surface area contributed by atoms with Gasteiger partial charge < -0.3 is 10.0 Å². The summed E-state index contributed by atoms with van der Waals surface area (Å²) in [7, 11) is -3.42. The van der Waals surface area contributed by atoms with Gasteiger partial charge >= 0.3 is 0 Å². The fraction of sp³-hybridized carbons (Fsp3) is 0.500. The monoisotopic (exact) mass is 299 g/mol. The molecule has 0 radical (unpaired) electrons. The molecule has 8 heteroatoms. The summed E-state index contributed by atoms with van der Waals surface area (Å²) in [5.74, 6) is -0.314. The highest BCUT2D eigenvalue weighted by atomic mass is 32.2. The molecule has 2 N–H and O–H groups in total. The zero-order valence-electron chi connectivity index (χ0n) is 11.3. The number of pyridine rings is 1. The van der Waals surface area contributed by atoms with E-state index in [-0.39, 0.29) is 24.7 Å². The van der Waals surface area contributed by atoms with E-state index >= 15 is 0 Å². The Hall–Kier alpha value is -1.51. The van der Waals surface area contributed by atoms with Gasteiger partial charge in [-0.25, -0.2) is 18.1 Å². The van der Waals surface area contributed by atoms with Gasteiger partial charge in [-0.1, -0.05) is 6.07 Å². The van der Waals surface area contributed by atoms with E-state index in [2.05, 4.69) is 9.71 Å². The third kappa shape index (κ3) is 3.53. The summed E-state index contributed by atoms with van der Waals surface area (Å²) in [5.41, 5.74) is 1.01. The lowest BCUT2D eigenvalue weighted by atomic mass is 10.2. The summed E-state index contributed by atoms with van der Waals surface area (Å²) in [6, 6.07) is 4.43. The Labute approximate surface area is 117 Å². The highest BCUT2D eigenvalue weighted by molar-refractivity contribution is 7.88. The maximum atomic E-state index is 12.2. The van der Waals surface area contributed by atoms with E-state index < -0.39 is 22.2 Å². The molecule has 7 nitrogen and oxygen atoms in total. The molecule has 1 amide bonds. The van der Waals surface area contributed by atoms with Crippen LogP contribution in [0.5, 0.6) is 0 Å². The van der Waals surface area contributed by atoms with Crippen LogP contribution in [0.15, 0.2) is 18.2 Å². The minimum Gasteiger partial charge on any atom is -0.390 e. The first-order valence-electron chi connectivity index (χ1n) is 6.14. The van der Waals surface area contributed by atoms with Gasteiger partial charge in [0, 0.05) is 18.8 Å². The van der Waals surface area contributed by atoms with Gasteiger partial charge in [-0.2, -0.15) is 0 Å². The molecular weight excluding hydrogens is 282 g/mol. The molecule has 2 atom stereocenters. The number of carbonyl (C=O) groups is 1. The summed E-state index contributed by atoms with van der Waals surface area (Å²) in [5, 5.41) is 9.83. The zero-order valence-corrected chi connectivity index (χ0v) is 12.1. The van der Waals surface area contributed by atoms with Crippen molar-refractivity contribution in [2.75, 3.05) is 19.3 Å². The first-order valence-corrected chi connectivity index (χ1v) is 8.04. The summed E-state index contributed by atoms with van der Waals surface area (Å²) < 4.78 is 24.7. The maximum Gasteiger partial charge on any atom is 0.272 e. The first kappa shape index (κ1) is 14.9. The number of hydrogen-bond acceptors (Lipinski definition) is 5. The van der Waals surface area contributed by atoms with Crippen LogP contribution >= 0.6 is 0 Å². The molecule has 2 heterocycles. The van der Waals surface area contributed by atoms with Crippen molar-refractivity contribution in [2.24, 2.45) is 0 Å². The number of aromatic nitrogens is 1. The predicted octanol–water partition coefficient (Wildman–Crippen LogP) is -0.875. The molecule has 0 aromatic carbocycles. The minimum atomic E-state index is -3.42. The molecule has 20 heavy (non-hydrogen) atoms. The van der Waals surface area contributed by atoms with Crippen molar-refractivity contribution in [3.63, 3.8) is 0 Å². The van der Waals surface area contributed by atoms with E-state index in [1.54, 1.807) is 25.1 Å². The summed E-state index contributed by atoms with van der Waals surface area (Å²) in [4.78, 5) is 17.8. The molecule has 1 aliphatic heterocycles. The molecule has 1 saturated heterocycles. The van der Waals surface area contributed by atoms with Crippen LogP contribution in [-0.4, -0.2) is 60.8 Å². The van der Waals surface area contributed by atoms with E-state index in [0.717, 1.165) is 11.9 Å². The van der Waals surface area contributed by atoms with Gasteiger partial charge in [0.1, 0.15) is 5.69 Å². The van der Waals surface area contributed by atoms with E-state index in [1.807, 2.05) is 0 Å². The fourth-order valence-corrected chi connectivity index (χ4v) is 2.95. The average Bonchev–Trinajstić information content (AvgIpc) is 2.68. The molecular formula is C12H17N3O4S. The number of sulfonamides is 1. The molecule has 0 bridgehead atoms. The topological polar surface area (TPSA) is 99.6 Å². The molecule has 1 aliphatic rings. The van der Waals surface area contributed by atoms with Crippen LogP contribution in [0.4, 0.5) is 0 Å². The van der Waals surface area contributed by atoms with Crippen molar-refractivity contribution in [1.29, 1.82) is 0 Å². The van der Waals surface area contributed by atoms with Gasteiger partial charge in [-0.3, -0.25) is 4.79 Å². The Balaban J connectivity index is 2.10. The molecule has 1 fully saturated rings. The molecule has 1 aromatic heterocycles. The third-order valence-corrected chi connectivity index (χ3v) is 3.78. The van der Waals surface area contributed by atoms with E-state index in [9.17, 15) is 18.3 Å². The smallest absolute Gasteiger partial charge is 0.272 e. The number of aliphatic hydroxyl groups is 1. The molecule has 0 aliphatic carbocycles. The Morgan fingerprint density at radius 1 is 1.45 bits per heavy atom. The van der Waals surface area contributed by atoms with Crippen LogP contribution in [0.2, 0.25) is 0 Å². The van der Waals surface area contributed by atoms with Crippen molar-refractivity contribution in [2.45, 2.75) is 19.1 Å². The van der Waals surface area contributed by atoms with Crippen LogP contribution < -0.4 is 4.72 Å². The number of nitrogens with one attached hydrogen (secondary N) is 1. The molecule has 0 saturated carbocycles. The van der Waals surface area contributed by atoms with Crippen molar-refractivity contribution < 1.29 is 18.3 Å². The summed E-state index contributed by atoms with van der Waals surface area (Å²) in [6.45, 7) is 1.99. The lowest BCUT2D eigenvalue weighted by Gasteiger charge is -2.15. The number of aryl methyl sites for hydroxylation is 1. The normalized spacial score (nSPS) is 23.1. The van der Waals surface area contributed by atoms with Gasteiger partial charge in [0.25, 0.3) is 5.91 Å². The number of rotatable bonds is 3. The molecule has 1 aromatic rings. The first-order chi connectivity index (χ1) is 9.26. The van der Waals surface area contributed by atoms with Crippen LogP contribution in [0.25, 0.3) is 0 Å². The SMILES string of the molecule is Cc1cccc(C(=O)N2C[C@@H](O)[C@H](NS(C)(=O)=O)C2)n1. The Morgan fingerprint density at radius 3 is 2.75 bits per heavy atom.